The van der Waals surface area contributed by atoms with Gasteiger partial charge in [0.15, 0.2) is 0 Å². The van der Waals surface area contributed by atoms with Crippen molar-refractivity contribution in [2.45, 2.75) is 52.5 Å². The number of piperidine rings is 2. The van der Waals surface area contributed by atoms with Crippen LogP contribution in [0.5, 0.6) is 0 Å². The van der Waals surface area contributed by atoms with Gasteiger partial charge in [-0.2, -0.15) is 0 Å². The number of carbonyl (C=O) groups is 1. The van der Waals surface area contributed by atoms with E-state index < -0.39 is 0 Å². The van der Waals surface area contributed by atoms with E-state index in [1.54, 1.807) is 0 Å². The van der Waals surface area contributed by atoms with E-state index in [-0.39, 0.29) is 6.04 Å². The summed E-state index contributed by atoms with van der Waals surface area (Å²) in [4.78, 5) is 16.9. The van der Waals surface area contributed by atoms with Crippen molar-refractivity contribution >= 4 is 5.91 Å². The number of nitrogens with one attached hydrogen (secondary N) is 1. The van der Waals surface area contributed by atoms with Crippen LogP contribution >= 0.6 is 0 Å². The molecule has 0 radical (unpaired) electrons. The van der Waals surface area contributed by atoms with Crippen LogP contribution in [0.1, 0.15) is 46.5 Å². The zero-order valence-electron chi connectivity index (χ0n) is 13.5. The molecule has 0 aromatic rings. The molecule has 4 heteroatoms. The van der Waals surface area contributed by atoms with Gasteiger partial charge in [-0.1, -0.05) is 0 Å². The quantitative estimate of drug-likeness (QED) is 0.852. The summed E-state index contributed by atoms with van der Waals surface area (Å²) in [5, 5.41) is 3.56. The SMILES string of the molecule is CCN(CC)C(=O)C(C)N1CCCC2(CCCNC2)C1. The zero-order valence-corrected chi connectivity index (χ0v) is 13.5. The second-order valence-electron chi connectivity index (χ2n) is 6.54. The van der Waals surface area contributed by atoms with E-state index in [1.165, 1.54) is 25.7 Å². The molecule has 2 fully saturated rings. The third-order valence-corrected chi connectivity index (χ3v) is 5.23. The molecule has 0 aromatic heterocycles. The Hall–Kier alpha value is -0.610. The van der Waals surface area contributed by atoms with Gasteiger partial charge in [0.05, 0.1) is 6.04 Å². The standard InChI is InChI=1S/C16H31N3O/c1-4-18(5-2)15(20)14(3)19-11-7-9-16(13-19)8-6-10-17-12-16/h14,17H,4-13H2,1-3H3. The van der Waals surface area contributed by atoms with Crippen molar-refractivity contribution in [1.82, 2.24) is 15.1 Å². The lowest BCUT2D eigenvalue weighted by Gasteiger charge is -2.47. The highest BCUT2D eigenvalue weighted by atomic mass is 16.2. The number of carbonyl (C=O) groups excluding carboxylic acids is 1. The van der Waals surface area contributed by atoms with Gasteiger partial charge in [-0.05, 0) is 65.0 Å². The summed E-state index contributed by atoms with van der Waals surface area (Å²) in [6, 6.07) is 0.0361. The normalized spacial score (nSPS) is 29.4. The van der Waals surface area contributed by atoms with Crippen LogP contribution in [-0.4, -0.2) is 61.0 Å². The lowest BCUT2D eigenvalue weighted by molar-refractivity contribution is -0.137. The molecule has 2 heterocycles. The van der Waals surface area contributed by atoms with Gasteiger partial charge in [-0.25, -0.2) is 0 Å². The topological polar surface area (TPSA) is 35.6 Å². The van der Waals surface area contributed by atoms with Gasteiger partial charge in [0.25, 0.3) is 0 Å². The van der Waals surface area contributed by atoms with Gasteiger partial charge in [0.1, 0.15) is 0 Å². The van der Waals surface area contributed by atoms with Gasteiger partial charge < -0.3 is 10.2 Å². The van der Waals surface area contributed by atoms with Crippen LogP contribution in [0.3, 0.4) is 0 Å². The van der Waals surface area contributed by atoms with Gasteiger partial charge >= 0.3 is 0 Å². The third kappa shape index (κ3) is 3.34. The molecule has 20 heavy (non-hydrogen) atoms. The number of nitrogens with zero attached hydrogens (tertiary/aromatic N) is 2. The first-order chi connectivity index (χ1) is 9.62. The van der Waals surface area contributed by atoms with Gasteiger partial charge in [-0.15, -0.1) is 0 Å². The summed E-state index contributed by atoms with van der Waals surface area (Å²) in [6.07, 6.45) is 5.16. The predicted molar refractivity (Wildman–Crippen MR) is 82.7 cm³/mol. The van der Waals surface area contributed by atoms with Crippen LogP contribution in [0.2, 0.25) is 0 Å². The highest BCUT2D eigenvalue weighted by Crippen LogP contribution is 2.36. The van der Waals surface area contributed by atoms with E-state index in [9.17, 15) is 4.79 Å². The Morgan fingerprint density at radius 3 is 2.60 bits per heavy atom. The molecule has 2 aliphatic rings. The van der Waals surface area contributed by atoms with Crippen molar-refractivity contribution in [3.05, 3.63) is 0 Å². The molecule has 0 aromatic carbocycles. The molecule has 2 saturated heterocycles. The maximum absolute atomic E-state index is 12.5. The molecule has 2 unspecified atom stereocenters. The maximum atomic E-state index is 12.5. The summed E-state index contributed by atoms with van der Waals surface area (Å²) in [5.74, 6) is 0.302. The molecular weight excluding hydrogens is 250 g/mol. The lowest BCUT2D eigenvalue weighted by atomic mass is 9.74. The van der Waals surface area contributed by atoms with Crippen molar-refractivity contribution < 1.29 is 4.79 Å². The molecule has 0 aliphatic carbocycles. The number of hydrogen-bond donors (Lipinski definition) is 1. The first-order valence-corrected chi connectivity index (χ1v) is 8.35. The molecule has 0 saturated carbocycles. The number of rotatable bonds is 4. The van der Waals surface area contributed by atoms with Gasteiger partial charge in [0.2, 0.25) is 5.91 Å². The summed E-state index contributed by atoms with van der Waals surface area (Å²) in [5.41, 5.74) is 0.425. The molecule has 4 nitrogen and oxygen atoms in total. The molecule has 1 N–H and O–H groups in total. The van der Waals surface area contributed by atoms with Crippen molar-refractivity contribution in [3.63, 3.8) is 0 Å². The summed E-state index contributed by atoms with van der Waals surface area (Å²) in [6.45, 7) is 12.3. The monoisotopic (exact) mass is 281 g/mol. The first-order valence-electron chi connectivity index (χ1n) is 8.35. The fourth-order valence-corrected chi connectivity index (χ4v) is 3.91. The van der Waals surface area contributed by atoms with Crippen LogP contribution in [0, 0.1) is 5.41 Å². The minimum absolute atomic E-state index is 0.0361. The van der Waals surface area contributed by atoms with Gasteiger partial charge in [0, 0.05) is 26.2 Å². The number of likely N-dealkylation sites (tertiary alicyclic amines) is 1. The molecule has 1 amide bonds. The Balaban J connectivity index is 1.99. The summed E-state index contributed by atoms with van der Waals surface area (Å²) < 4.78 is 0. The Kier molecular flexibility index (Phi) is 5.44. The third-order valence-electron chi connectivity index (χ3n) is 5.23. The highest BCUT2D eigenvalue weighted by Gasteiger charge is 2.39. The first kappa shape index (κ1) is 15.8. The Bertz CT molecular complexity index is 316. The Morgan fingerprint density at radius 1 is 1.30 bits per heavy atom. The minimum atomic E-state index is 0.0361. The summed E-state index contributed by atoms with van der Waals surface area (Å²) in [7, 11) is 0. The maximum Gasteiger partial charge on any atom is 0.239 e. The van der Waals surface area contributed by atoms with Gasteiger partial charge in [-0.3, -0.25) is 9.69 Å². The average molecular weight is 281 g/mol. The van der Waals surface area contributed by atoms with Crippen LogP contribution in [0.25, 0.3) is 0 Å². The second kappa shape index (κ2) is 6.90. The molecular formula is C16H31N3O. The Labute approximate surface area is 123 Å². The van der Waals surface area contributed by atoms with E-state index >= 15 is 0 Å². The smallest absolute Gasteiger partial charge is 0.239 e. The predicted octanol–water partition coefficient (Wildman–Crippen LogP) is 1.71. The van der Waals surface area contributed by atoms with Crippen molar-refractivity contribution in [1.29, 1.82) is 0 Å². The lowest BCUT2D eigenvalue weighted by Crippen LogP contribution is -2.56. The summed E-state index contributed by atoms with van der Waals surface area (Å²) >= 11 is 0. The van der Waals surface area contributed by atoms with Crippen LogP contribution in [0.15, 0.2) is 0 Å². The highest BCUT2D eigenvalue weighted by molar-refractivity contribution is 5.81. The van der Waals surface area contributed by atoms with E-state index in [2.05, 4.69) is 31.0 Å². The van der Waals surface area contributed by atoms with Crippen molar-refractivity contribution in [2.75, 3.05) is 39.3 Å². The fraction of sp³-hybridized carbons (Fsp3) is 0.938. The molecule has 1 spiro atoms. The number of amides is 1. The number of hydrogen-bond acceptors (Lipinski definition) is 3. The molecule has 0 bridgehead atoms. The molecule has 2 rings (SSSR count). The Morgan fingerprint density at radius 2 is 2.00 bits per heavy atom. The van der Waals surface area contributed by atoms with E-state index in [0.29, 0.717) is 11.3 Å². The van der Waals surface area contributed by atoms with E-state index in [4.69, 9.17) is 0 Å². The van der Waals surface area contributed by atoms with E-state index in [0.717, 1.165) is 39.3 Å². The number of likely N-dealkylation sites (N-methyl/N-ethyl adjacent to an activating group) is 1. The fourth-order valence-electron chi connectivity index (χ4n) is 3.91. The van der Waals surface area contributed by atoms with Crippen LogP contribution < -0.4 is 5.32 Å². The van der Waals surface area contributed by atoms with Crippen molar-refractivity contribution in [2.24, 2.45) is 5.41 Å². The van der Waals surface area contributed by atoms with Crippen LogP contribution in [-0.2, 0) is 4.79 Å². The molecule has 116 valence electrons. The zero-order chi connectivity index (χ0) is 14.6. The molecule has 2 atom stereocenters. The van der Waals surface area contributed by atoms with Crippen LogP contribution in [0.4, 0.5) is 0 Å². The average Bonchev–Trinajstić information content (AvgIpc) is 2.48. The second-order valence-corrected chi connectivity index (χ2v) is 6.54. The van der Waals surface area contributed by atoms with E-state index in [1.807, 2.05) is 4.90 Å². The van der Waals surface area contributed by atoms with Crippen molar-refractivity contribution in [3.8, 4) is 0 Å². The largest absolute Gasteiger partial charge is 0.342 e. The molecule has 2 aliphatic heterocycles. The minimum Gasteiger partial charge on any atom is -0.342 e.